The minimum atomic E-state index is -0.857. The van der Waals surface area contributed by atoms with Crippen molar-refractivity contribution < 1.29 is 14.4 Å². The van der Waals surface area contributed by atoms with Crippen molar-refractivity contribution in [3.63, 3.8) is 0 Å². The van der Waals surface area contributed by atoms with Gasteiger partial charge in [0.05, 0.1) is 17.7 Å². The Morgan fingerprint density at radius 1 is 1.61 bits per heavy atom. The highest BCUT2D eigenvalue weighted by atomic mass is 16.5. The molecule has 0 aliphatic heterocycles. The number of hydrogen-bond acceptors (Lipinski definition) is 4. The van der Waals surface area contributed by atoms with Crippen LogP contribution in [0.15, 0.2) is 16.9 Å². The second-order valence-corrected chi connectivity index (χ2v) is 5.37. The van der Waals surface area contributed by atoms with Gasteiger partial charge in [0, 0.05) is 12.6 Å². The Morgan fingerprint density at radius 3 is 2.89 bits per heavy atom. The second kappa shape index (κ2) is 6.54. The van der Waals surface area contributed by atoms with E-state index in [-0.39, 0.29) is 18.9 Å². The summed E-state index contributed by atoms with van der Waals surface area (Å²) in [6, 6.07) is 1.65. The molecule has 0 aromatic carbocycles. The van der Waals surface area contributed by atoms with Gasteiger partial charge in [-0.3, -0.25) is 4.79 Å². The van der Waals surface area contributed by atoms with Crippen LogP contribution in [0.3, 0.4) is 0 Å². The van der Waals surface area contributed by atoms with E-state index in [1.165, 1.54) is 6.26 Å². The molecule has 0 bridgehead atoms. The van der Waals surface area contributed by atoms with Crippen molar-refractivity contribution in [3.05, 3.63) is 18.0 Å². The zero-order valence-electron chi connectivity index (χ0n) is 11.3. The van der Waals surface area contributed by atoms with Crippen LogP contribution in [0.25, 0.3) is 0 Å². The predicted molar refractivity (Wildman–Crippen MR) is 67.9 cm³/mol. The van der Waals surface area contributed by atoms with Crippen LogP contribution in [0.2, 0.25) is 0 Å². The third kappa shape index (κ3) is 5.82. The summed E-state index contributed by atoms with van der Waals surface area (Å²) in [5.41, 5.74) is -0.265. The quantitative estimate of drug-likeness (QED) is 0.773. The van der Waals surface area contributed by atoms with Crippen molar-refractivity contribution in [2.75, 3.05) is 6.54 Å². The van der Waals surface area contributed by atoms with Gasteiger partial charge in [-0.15, -0.1) is 0 Å². The molecule has 0 aliphatic rings. The van der Waals surface area contributed by atoms with E-state index in [1.54, 1.807) is 13.0 Å². The first-order valence-electron chi connectivity index (χ1n) is 6.27. The largest absolute Gasteiger partial charge is 0.388 e. The standard InChI is InChI=1S/C13H22N2O3/c1-10(2)4-6-13(3,17)9-14-12(16)8-11-5-7-18-15-11/h5,7,10,17H,4,6,8-9H2,1-3H3,(H,14,16). The van der Waals surface area contributed by atoms with E-state index >= 15 is 0 Å². The Balaban J connectivity index is 2.28. The van der Waals surface area contributed by atoms with Crippen LogP contribution < -0.4 is 5.32 Å². The summed E-state index contributed by atoms with van der Waals surface area (Å²) in [6.07, 6.45) is 3.22. The van der Waals surface area contributed by atoms with E-state index in [4.69, 9.17) is 0 Å². The lowest BCUT2D eigenvalue weighted by Crippen LogP contribution is -2.41. The fraction of sp³-hybridized carbons (Fsp3) is 0.692. The maximum absolute atomic E-state index is 11.6. The molecule has 102 valence electrons. The third-order valence-corrected chi connectivity index (χ3v) is 2.76. The highest BCUT2D eigenvalue weighted by molar-refractivity contribution is 5.78. The number of nitrogens with zero attached hydrogens (tertiary/aromatic N) is 1. The van der Waals surface area contributed by atoms with Gasteiger partial charge in [0.1, 0.15) is 6.26 Å². The molecule has 0 fully saturated rings. The molecular formula is C13H22N2O3. The third-order valence-electron chi connectivity index (χ3n) is 2.76. The summed E-state index contributed by atoms with van der Waals surface area (Å²) in [4.78, 5) is 11.6. The number of carbonyl (C=O) groups excluding carboxylic acids is 1. The summed E-state index contributed by atoms with van der Waals surface area (Å²) >= 11 is 0. The first kappa shape index (κ1) is 14.7. The fourth-order valence-electron chi connectivity index (χ4n) is 1.53. The van der Waals surface area contributed by atoms with E-state index in [0.29, 0.717) is 18.0 Å². The number of aliphatic hydroxyl groups is 1. The molecule has 1 unspecified atom stereocenters. The molecule has 1 amide bonds. The van der Waals surface area contributed by atoms with Crippen molar-refractivity contribution in [2.45, 2.75) is 45.6 Å². The Bertz CT molecular complexity index is 358. The number of carbonyl (C=O) groups is 1. The Morgan fingerprint density at radius 2 is 2.33 bits per heavy atom. The molecule has 0 spiro atoms. The number of nitrogens with one attached hydrogen (secondary N) is 1. The Kier molecular flexibility index (Phi) is 5.34. The molecule has 0 saturated heterocycles. The summed E-state index contributed by atoms with van der Waals surface area (Å²) in [5, 5.41) is 16.5. The molecule has 0 aliphatic carbocycles. The van der Waals surface area contributed by atoms with Crippen molar-refractivity contribution in [2.24, 2.45) is 5.92 Å². The van der Waals surface area contributed by atoms with Gasteiger partial charge in [-0.25, -0.2) is 0 Å². The van der Waals surface area contributed by atoms with E-state index < -0.39 is 5.60 Å². The van der Waals surface area contributed by atoms with Gasteiger partial charge in [-0.1, -0.05) is 19.0 Å². The Hall–Kier alpha value is -1.36. The topological polar surface area (TPSA) is 75.4 Å². The SMILES string of the molecule is CC(C)CCC(C)(O)CNC(=O)Cc1ccon1. The van der Waals surface area contributed by atoms with Gasteiger partial charge in [-0.05, 0) is 25.7 Å². The van der Waals surface area contributed by atoms with Crippen LogP contribution in [-0.2, 0) is 11.2 Å². The molecule has 1 aromatic rings. The van der Waals surface area contributed by atoms with Crippen LogP contribution >= 0.6 is 0 Å². The van der Waals surface area contributed by atoms with Crippen LogP contribution in [0, 0.1) is 5.92 Å². The van der Waals surface area contributed by atoms with Crippen molar-refractivity contribution >= 4 is 5.91 Å². The smallest absolute Gasteiger partial charge is 0.226 e. The van der Waals surface area contributed by atoms with Gasteiger partial charge in [-0.2, -0.15) is 0 Å². The molecule has 1 heterocycles. The fourth-order valence-corrected chi connectivity index (χ4v) is 1.53. The summed E-state index contributed by atoms with van der Waals surface area (Å²) in [7, 11) is 0. The van der Waals surface area contributed by atoms with Crippen molar-refractivity contribution in [3.8, 4) is 0 Å². The molecule has 1 aromatic heterocycles. The highest BCUT2D eigenvalue weighted by Gasteiger charge is 2.21. The normalized spacial score (nSPS) is 14.5. The first-order valence-corrected chi connectivity index (χ1v) is 6.27. The zero-order valence-corrected chi connectivity index (χ0v) is 11.3. The van der Waals surface area contributed by atoms with Gasteiger partial charge >= 0.3 is 0 Å². The number of aromatic nitrogens is 1. The number of amides is 1. The van der Waals surface area contributed by atoms with Gasteiger partial charge < -0.3 is 14.9 Å². The van der Waals surface area contributed by atoms with E-state index in [0.717, 1.165) is 6.42 Å². The van der Waals surface area contributed by atoms with Crippen molar-refractivity contribution in [1.29, 1.82) is 0 Å². The Labute approximate surface area is 108 Å². The number of hydrogen-bond donors (Lipinski definition) is 2. The van der Waals surface area contributed by atoms with Crippen LogP contribution in [0.5, 0.6) is 0 Å². The maximum Gasteiger partial charge on any atom is 0.226 e. The molecule has 5 nitrogen and oxygen atoms in total. The van der Waals surface area contributed by atoms with Gasteiger partial charge in [0.15, 0.2) is 0 Å². The molecule has 0 radical (unpaired) electrons. The zero-order chi connectivity index (χ0) is 13.6. The van der Waals surface area contributed by atoms with Crippen molar-refractivity contribution in [1.82, 2.24) is 10.5 Å². The molecule has 0 saturated carbocycles. The lowest BCUT2D eigenvalue weighted by Gasteiger charge is -2.24. The minimum Gasteiger partial charge on any atom is -0.388 e. The average Bonchev–Trinajstić information content (AvgIpc) is 2.77. The van der Waals surface area contributed by atoms with E-state index in [1.807, 2.05) is 0 Å². The monoisotopic (exact) mass is 254 g/mol. The number of rotatable bonds is 7. The van der Waals surface area contributed by atoms with Crippen LogP contribution in [0.4, 0.5) is 0 Å². The van der Waals surface area contributed by atoms with Crippen LogP contribution in [-0.4, -0.2) is 28.3 Å². The van der Waals surface area contributed by atoms with Gasteiger partial charge in [0.2, 0.25) is 5.91 Å². The lowest BCUT2D eigenvalue weighted by atomic mass is 9.95. The molecular weight excluding hydrogens is 232 g/mol. The molecule has 1 rings (SSSR count). The average molecular weight is 254 g/mol. The maximum atomic E-state index is 11.6. The van der Waals surface area contributed by atoms with E-state index in [9.17, 15) is 9.90 Å². The summed E-state index contributed by atoms with van der Waals surface area (Å²) in [5.74, 6) is 0.385. The minimum absolute atomic E-state index is 0.159. The second-order valence-electron chi connectivity index (χ2n) is 5.37. The van der Waals surface area contributed by atoms with E-state index in [2.05, 4.69) is 28.8 Å². The first-order chi connectivity index (χ1) is 8.39. The molecule has 1 atom stereocenters. The van der Waals surface area contributed by atoms with Crippen LogP contribution in [0.1, 0.15) is 39.3 Å². The highest BCUT2D eigenvalue weighted by Crippen LogP contribution is 2.15. The molecule has 5 heteroatoms. The summed E-state index contributed by atoms with van der Waals surface area (Å²) in [6.45, 7) is 6.22. The summed E-state index contributed by atoms with van der Waals surface area (Å²) < 4.78 is 4.65. The molecule has 18 heavy (non-hydrogen) atoms. The predicted octanol–water partition coefficient (Wildman–Crippen LogP) is 1.52. The molecule has 2 N–H and O–H groups in total. The lowest BCUT2D eigenvalue weighted by molar-refractivity contribution is -0.121. The van der Waals surface area contributed by atoms with Gasteiger partial charge in [0.25, 0.3) is 0 Å².